The first-order chi connectivity index (χ1) is 11.7. The molecule has 0 bridgehead atoms. The third kappa shape index (κ3) is 10.1. The second-order valence-corrected chi connectivity index (χ2v) is 7.32. The minimum absolute atomic E-state index is 0.233. The van der Waals surface area contributed by atoms with Crippen molar-refractivity contribution in [3.8, 4) is 0 Å². The van der Waals surface area contributed by atoms with E-state index >= 15 is 0 Å². The number of hydrogen-bond acceptors (Lipinski definition) is 2. The molecule has 0 amide bonds. The van der Waals surface area contributed by atoms with Crippen molar-refractivity contribution >= 4 is 5.97 Å². The van der Waals surface area contributed by atoms with Crippen LogP contribution < -0.4 is 0 Å². The Morgan fingerprint density at radius 3 is 2.08 bits per heavy atom. The largest absolute Gasteiger partial charge is 0.481 e. The maximum absolute atomic E-state index is 11.0. The molecular weight excluding hydrogens is 300 g/mol. The fourth-order valence-corrected chi connectivity index (χ4v) is 3.45. The van der Waals surface area contributed by atoms with Gasteiger partial charge in [0.15, 0.2) is 0 Å². The summed E-state index contributed by atoms with van der Waals surface area (Å²) in [5.74, 6) is -0.910. The monoisotopic (exact) mass is 338 g/mol. The SMILES string of the molecule is C=CCC(CCCCCCCCC1OC1CCCCCC)C(=O)O. The molecule has 3 atom stereocenters. The van der Waals surface area contributed by atoms with Gasteiger partial charge in [0.25, 0.3) is 0 Å². The van der Waals surface area contributed by atoms with E-state index < -0.39 is 5.97 Å². The number of carboxylic acids is 1. The number of epoxide rings is 1. The second-order valence-electron chi connectivity index (χ2n) is 7.32. The summed E-state index contributed by atoms with van der Waals surface area (Å²) in [6.07, 6.45) is 19.3. The van der Waals surface area contributed by atoms with E-state index in [4.69, 9.17) is 9.84 Å². The van der Waals surface area contributed by atoms with E-state index in [1.807, 2.05) is 0 Å². The first-order valence-electron chi connectivity index (χ1n) is 10.2. The fourth-order valence-electron chi connectivity index (χ4n) is 3.45. The summed E-state index contributed by atoms with van der Waals surface area (Å²) < 4.78 is 5.75. The minimum Gasteiger partial charge on any atom is -0.481 e. The van der Waals surface area contributed by atoms with Crippen LogP contribution in [0.15, 0.2) is 12.7 Å². The highest BCUT2D eigenvalue weighted by Crippen LogP contribution is 2.31. The molecule has 24 heavy (non-hydrogen) atoms. The number of aliphatic carboxylic acids is 1. The average molecular weight is 339 g/mol. The first kappa shape index (κ1) is 21.2. The number of unbranched alkanes of at least 4 members (excludes halogenated alkanes) is 8. The maximum Gasteiger partial charge on any atom is 0.306 e. The Hall–Kier alpha value is -0.830. The van der Waals surface area contributed by atoms with Crippen LogP contribution in [0.4, 0.5) is 0 Å². The van der Waals surface area contributed by atoms with Crippen LogP contribution in [0.1, 0.15) is 96.8 Å². The predicted molar refractivity (Wildman–Crippen MR) is 100 cm³/mol. The third-order valence-electron chi connectivity index (χ3n) is 5.12. The lowest BCUT2D eigenvalue weighted by Crippen LogP contribution is -2.12. The third-order valence-corrected chi connectivity index (χ3v) is 5.12. The highest BCUT2D eigenvalue weighted by Gasteiger charge is 2.36. The Balaban J connectivity index is 1.84. The zero-order valence-corrected chi connectivity index (χ0v) is 15.7. The van der Waals surface area contributed by atoms with Gasteiger partial charge >= 0.3 is 5.97 Å². The molecule has 1 fully saturated rings. The van der Waals surface area contributed by atoms with Gasteiger partial charge in [-0.15, -0.1) is 6.58 Å². The highest BCUT2D eigenvalue weighted by atomic mass is 16.6. The molecule has 3 unspecified atom stereocenters. The summed E-state index contributed by atoms with van der Waals surface area (Å²) >= 11 is 0. The Morgan fingerprint density at radius 1 is 1.00 bits per heavy atom. The molecule has 3 heteroatoms. The highest BCUT2D eigenvalue weighted by molar-refractivity contribution is 5.70. The molecule has 1 saturated heterocycles. The molecule has 140 valence electrons. The summed E-state index contributed by atoms with van der Waals surface area (Å²) in [6, 6.07) is 0. The Morgan fingerprint density at radius 2 is 1.54 bits per heavy atom. The topological polar surface area (TPSA) is 49.8 Å². The molecule has 0 aromatic heterocycles. The van der Waals surface area contributed by atoms with Gasteiger partial charge in [0.1, 0.15) is 0 Å². The van der Waals surface area contributed by atoms with E-state index in [9.17, 15) is 4.79 Å². The summed E-state index contributed by atoms with van der Waals surface area (Å²) in [7, 11) is 0. The quantitative estimate of drug-likeness (QED) is 0.197. The van der Waals surface area contributed by atoms with Crippen LogP contribution >= 0.6 is 0 Å². The van der Waals surface area contributed by atoms with E-state index in [0.29, 0.717) is 18.6 Å². The van der Waals surface area contributed by atoms with Crippen molar-refractivity contribution in [1.29, 1.82) is 0 Å². The summed E-state index contributed by atoms with van der Waals surface area (Å²) in [5, 5.41) is 9.08. The number of allylic oxidation sites excluding steroid dienone is 1. The van der Waals surface area contributed by atoms with Gasteiger partial charge in [-0.25, -0.2) is 0 Å². The van der Waals surface area contributed by atoms with Crippen molar-refractivity contribution < 1.29 is 14.6 Å². The van der Waals surface area contributed by atoms with Gasteiger partial charge in [-0.1, -0.05) is 77.2 Å². The van der Waals surface area contributed by atoms with Crippen LogP contribution in [-0.4, -0.2) is 23.3 Å². The number of carboxylic acid groups (broad SMARTS) is 1. The van der Waals surface area contributed by atoms with Gasteiger partial charge in [-0.3, -0.25) is 4.79 Å². The zero-order chi connectivity index (χ0) is 17.6. The molecule has 1 rings (SSSR count). The van der Waals surface area contributed by atoms with Crippen molar-refractivity contribution in [3.63, 3.8) is 0 Å². The van der Waals surface area contributed by atoms with Gasteiger partial charge < -0.3 is 9.84 Å². The fraction of sp³-hybridized carbons (Fsp3) is 0.857. The number of rotatable bonds is 17. The molecule has 0 aromatic rings. The van der Waals surface area contributed by atoms with Crippen molar-refractivity contribution in [3.05, 3.63) is 12.7 Å². The van der Waals surface area contributed by atoms with E-state index in [-0.39, 0.29) is 5.92 Å². The lowest BCUT2D eigenvalue weighted by Gasteiger charge is -2.09. The van der Waals surface area contributed by atoms with Crippen molar-refractivity contribution in [1.82, 2.24) is 0 Å². The molecule has 1 aliphatic rings. The van der Waals surface area contributed by atoms with Crippen LogP contribution in [0, 0.1) is 5.92 Å². The van der Waals surface area contributed by atoms with E-state index in [2.05, 4.69) is 13.5 Å². The normalized spacial score (nSPS) is 20.7. The molecule has 0 radical (unpaired) electrons. The van der Waals surface area contributed by atoms with Crippen LogP contribution in [0.3, 0.4) is 0 Å². The Kier molecular flexibility index (Phi) is 11.9. The predicted octanol–water partition coefficient (Wildman–Crippen LogP) is 6.12. The average Bonchev–Trinajstić information content (AvgIpc) is 3.31. The molecule has 0 spiro atoms. The molecule has 1 N–H and O–H groups in total. The van der Waals surface area contributed by atoms with Gasteiger partial charge in [-0.2, -0.15) is 0 Å². The van der Waals surface area contributed by atoms with Crippen molar-refractivity contribution in [2.24, 2.45) is 5.92 Å². The number of hydrogen-bond donors (Lipinski definition) is 1. The van der Waals surface area contributed by atoms with E-state index in [1.54, 1.807) is 6.08 Å². The molecule has 3 nitrogen and oxygen atoms in total. The Labute approximate surface area is 148 Å². The van der Waals surface area contributed by atoms with Crippen LogP contribution in [-0.2, 0) is 9.53 Å². The van der Waals surface area contributed by atoms with Gasteiger partial charge in [0.05, 0.1) is 18.1 Å². The van der Waals surface area contributed by atoms with Crippen LogP contribution in [0.2, 0.25) is 0 Å². The van der Waals surface area contributed by atoms with Crippen molar-refractivity contribution in [2.75, 3.05) is 0 Å². The molecule has 0 aromatic carbocycles. The van der Waals surface area contributed by atoms with E-state index in [1.165, 1.54) is 64.2 Å². The maximum atomic E-state index is 11.0. The second kappa shape index (κ2) is 13.5. The molecule has 1 aliphatic heterocycles. The Bertz CT molecular complexity index is 340. The molecule has 0 aliphatic carbocycles. The lowest BCUT2D eigenvalue weighted by atomic mass is 9.97. The summed E-state index contributed by atoms with van der Waals surface area (Å²) in [6.45, 7) is 5.89. The smallest absolute Gasteiger partial charge is 0.306 e. The van der Waals surface area contributed by atoms with E-state index in [0.717, 1.165) is 19.3 Å². The van der Waals surface area contributed by atoms with Crippen LogP contribution in [0.25, 0.3) is 0 Å². The number of ether oxygens (including phenoxy) is 1. The van der Waals surface area contributed by atoms with Gasteiger partial charge in [0.2, 0.25) is 0 Å². The summed E-state index contributed by atoms with van der Waals surface area (Å²) in [4.78, 5) is 11.0. The molecule has 0 saturated carbocycles. The van der Waals surface area contributed by atoms with Crippen LogP contribution in [0.5, 0.6) is 0 Å². The lowest BCUT2D eigenvalue weighted by molar-refractivity contribution is -0.141. The van der Waals surface area contributed by atoms with Crippen molar-refractivity contribution in [2.45, 2.75) is 109 Å². The van der Waals surface area contributed by atoms with Gasteiger partial charge in [0, 0.05) is 0 Å². The summed E-state index contributed by atoms with van der Waals surface area (Å²) in [5.41, 5.74) is 0. The number of carbonyl (C=O) groups is 1. The first-order valence-corrected chi connectivity index (χ1v) is 10.2. The molecular formula is C21H38O3. The standard InChI is InChI=1S/C21H38O3/c1-3-5-6-12-16-19-20(24-19)17-13-10-8-7-9-11-15-18(14-4-2)21(22)23/h4,18-20H,2-3,5-17H2,1H3,(H,22,23). The van der Waals surface area contributed by atoms with Gasteiger partial charge in [-0.05, 0) is 25.7 Å². The zero-order valence-electron chi connectivity index (χ0n) is 15.7. The minimum atomic E-state index is -0.677. The molecule has 1 heterocycles.